The number of hydrogen-bond donors (Lipinski definition) is 2. The van der Waals surface area contributed by atoms with Gasteiger partial charge in [0.25, 0.3) is 11.6 Å². The third-order valence-corrected chi connectivity index (χ3v) is 4.12. The lowest BCUT2D eigenvalue weighted by Crippen LogP contribution is -2.34. The summed E-state index contributed by atoms with van der Waals surface area (Å²) in [5.74, 6) is -0.391. The molecule has 0 saturated heterocycles. The van der Waals surface area contributed by atoms with Gasteiger partial charge in [-0.05, 0) is 42.9 Å². The lowest BCUT2D eigenvalue weighted by molar-refractivity contribution is -0.384. The summed E-state index contributed by atoms with van der Waals surface area (Å²) in [6.07, 6.45) is 0. The monoisotopic (exact) mass is 389 g/mol. The predicted molar refractivity (Wildman–Crippen MR) is 103 cm³/mol. The Kier molecular flexibility index (Phi) is 4.88. The average molecular weight is 390 g/mol. The second-order valence-corrected chi connectivity index (χ2v) is 6.25. The van der Waals surface area contributed by atoms with Gasteiger partial charge in [0.15, 0.2) is 10.9 Å². The summed E-state index contributed by atoms with van der Waals surface area (Å²) >= 11 is 11.0. The van der Waals surface area contributed by atoms with Crippen LogP contribution in [0.5, 0.6) is 0 Å². The van der Waals surface area contributed by atoms with Crippen molar-refractivity contribution in [1.29, 1.82) is 0 Å². The molecule has 0 saturated carbocycles. The number of hydrogen-bond acceptors (Lipinski definition) is 5. The number of nitrogens with one attached hydrogen (secondary N) is 2. The van der Waals surface area contributed by atoms with Gasteiger partial charge in [0.05, 0.1) is 4.92 Å². The van der Waals surface area contributed by atoms with E-state index in [-0.39, 0.29) is 21.6 Å². The summed E-state index contributed by atoms with van der Waals surface area (Å²) in [7, 11) is 0. The first-order valence-corrected chi connectivity index (χ1v) is 8.19. The molecular weight excluding hydrogens is 378 g/mol. The van der Waals surface area contributed by atoms with Crippen molar-refractivity contribution in [2.24, 2.45) is 0 Å². The van der Waals surface area contributed by atoms with Gasteiger partial charge < -0.3 is 9.73 Å². The smallest absolute Gasteiger partial charge is 0.293 e. The average Bonchev–Trinajstić information content (AvgIpc) is 3.01. The number of nitro benzene ring substituents is 1. The van der Waals surface area contributed by atoms with Crippen LogP contribution in [0.3, 0.4) is 0 Å². The Morgan fingerprint density at radius 3 is 2.69 bits per heavy atom. The van der Waals surface area contributed by atoms with Crippen LogP contribution in [-0.2, 0) is 0 Å². The second-order valence-electron chi connectivity index (χ2n) is 5.43. The SMILES string of the molecule is Cc1cc([N+](=O)[O-])c(Cl)cc1NC(=S)NC(=O)c1cc2ccccc2o1. The van der Waals surface area contributed by atoms with Crippen LogP contribution in [0.1, 0.15) is 16.1 Å². The minimum absolute atomic E-state index is 0.0171. The van der Waals surface area contributed by atoms with E-state index in [4.69, 9.17) is 28.2 Å². The van der Waals surface area contributed by atoms with Crippen LogP contribution >= 0.6 is 23.8 Å². The lowest BCUT2D eigenvalue weighted by Gasteiger charge is -2.11. The fraction of sp³-hybridized carbons (Fsp3) is 0.0588. The zero-order valence-electron chi connectivity index (χ0n) is 13.4. The molecule has 0 aliphatic carbocycles. The molecular formula is C17H12ClN3O4S. The van der Waals surface area contributed by atoms with Gasteiger partial charge in [-0.1, -0.05) is 29.8 Å². The lowest BCUT2D eigenvalue weighted by atomic mass is 10.2. The van der Waals surface area contributed by atoms with Crippen LogP contribution in [0, 0.1) is 17.0 Å². The number of nitrogens with zero attached hydrogens (tertiary/aromatic N) is 1. The van der Waals surface area contributed by atoms with Gasteiger partial charge in [-0.15, -0.1) is 0 Å². The van der Waals surface area contributed by atoms with Crippen molar-refractivity contribution < 1.29 is 14.1 Å². The quantitative estimate of drug-likeness (QED) is 0.390. The summed E-state index contributed by atoms with van der Waals surface area (Å²) in [4.78, 5) is 22.6. The predicted octanol–water partition coefficient (Wildman–Crippen LogP) is 4.43. The molecule has 132 valence electrons. The van der Waals surface area contributed by atoms with Crippen molar-refractivity contribution in [3.63, 3.8) is 0 Å². The third-order valence-electron chi connectivity index (χ3n) is 3.62. The van der Waals surface area contributed by atoms with E-state index in [1.807, 2.05) is 12.1 Å². The highest BCUT2D eigenvalue weighted by Crippen LogP contribution is 2.30. The van der Waals surface area contributed by atoms with Crippen molar-refractivity contribution in [3.8, 4) is 0 Å². The number of aryl methyl sites for hydroxylation is 1. The van der Waals surface area contributed by atoms with Crippen LogP contribution in [-0.4, -0.2) is 15.9 Å². The van der Waals surface area contributed by atoms with Gasteiger partial charge in [0.1, 0.15) is 10.6 Å². The number of rotatable bonds is 3. The molecule has 0 aliphatic heterocycles. The number of fused-ring (bicyclic) bond motifs is 1. The molecule has 3 rings (SSSR count). The maximum atomic E-state index is 12.3. The van der Waals surface area contributed by atoms with E-state index in [0.717, 1.165) is 5.39 Å². The van der Waals surface area contributed by atoms with E-state index in [9.17, 15) is 14.9 Å². The zero-order chi connectivity index (χ0) is 18.8. The maximum absolute atomic E-state index is 12.3. The molecule has 0 bridgehead atoms. The van der Waals surface area contributed by atoms with Crippen LogP contribution in [0.25, 0.3) is 11.0 Å². The summed E-state index contributed by atoms with van der Waals surface area (Å²) in [6, 6.07) is 11.6. The molecule has 0 atom stereocenters. The van der Waals surface area contributed by atoms with Crippen molar-refractivity contribution >= 4 is 57.2 Å². The molecule has 0 aliphatic rings. The maximum Gasteiger partial charge on any atom is 0.293 e. The minimum atomic E-state index is -0.569. The molecule has 1 heterocycles. The van der Waals surface area contributed by atoms with Crippen molar-refractivity contribution in [1.82, 2.24) is 5.32 Å². The fourth-order valence-corrected chi connectivity index (χ4v) is 2.79. The van der Waals surface area contributed by atoms with Gasteiger partial charge in [-0.2, -0.15) is 0 Å². The van der Waals surface area contributed by atoms with Crippen LogP contribution in [0.4, 0.5) is 11.4 Å². The van der Waals surface area contributed by atoms with Gasteiger partial charge >= 0.3 is 0 Å². The highest BCUT2D eigenvalue weighted by Gasteiger charge is 2.17. The second kappa shape index (κ2) is 7.11. The fourth-order valence-electron chi connectivity index (χ4n) is 2.35. The molecule has 0 spiro atoms. The van der Waals surface area contributed by atoms with Gasteiger partial charge in [-0.3, -0.25) is 20.2 Å². The number of halogens is 1. The van der Waals surface area contributed by atoms with Crippen LogP contribution in [0.15, 0.2) is 46.9 Å². The number of benzene rings is 2. The summed E-state index contributed by atoms with van der Waals surface area (Å²) in [5, 5.41) is 17.0. The number of para-hydroxylation sites is 1. The van der Waals surface area contributed by atoms with Crippen molar-refractivity contribution in [2.75, 3.05) is 5.32 Å². The van der Waals surface area contributed by atoms with E-state index in [1.54, 1.807) is 25.1 Å². The van der Waals surface area contributed by atoms with Gasteiger partial charge in [0.2, 0.25) is 0 Å². The first-order valence-electron chi connectivity index (χ1n) is 7.40. The molecule has 2 N–H and O–H groups in total. The molecule has 0 fully saturated rings. The van der Waals surface area contributed by atoms with E-state index in [2.05, 4.69) is 10.6 Å². The standard InChI is InChI=1S/C17H12ClN3O4S/c1-9-6-13(21(23)24)11(18)8-12(9)19-17(26)20-16(22)15-7-10-4-2-3-5-14(10)25-15/h2-8H,1H3,(H2,19,20,22,26). The molecule has 1 aromatic heterocycles. The molecule has 3 aromatic rings. The number of amides is 1. The molecule has 0 unspecified atom stereocenters. The Hall–Kier alpha value is -2.97. The largest absolute Gasteiger partial charge is 0.451 e. The first kappa shape index (κ1) is 17.8. The Morgan fingerprint density at radius 2 is 2.00 bits per heavy atom. The van der Waals surface area contributed by atoms with E-state index >= 15 is 0 Å². The van der Waals surface area contributed by atoms with Gasteiger partial charge in [-0.25, -0.2) is 0 Å². The van der Waals surface area contributed by atoms with Crippen LogP contribution < -0.4 is 10.6 Å². The van der Waals surface area contributed by atoms with E-state index in [0.29, 0.717) is 16.8 Å². The normalized spacial score (nSPS) is 10.5. The Morgan fingerprint density at radius 1 is 1.27 bits per heavy atom. The highest BCUT2D eigenvalue weighted by molar-refractivity contribution is 7.80. The van der Waals surface area contributed by atoms with Crippen molar-refractivity contribution in [3.05, 3.63) is 68.9 Å². The number of nitro groups is 1. The summed E-state index contributed by atoms with van der Waals surface area (Å²) in [6.45, 7) is 1.66. The number of carbonyl (C=O) groups is 1. The van der Waals surface area contributed by atoms with Crippen molar-refractivity contribution in [2.45, 2.75) is 6.92 Å². The summed E-state index contributed by atoms with van der Waals surface area (Å²) in [5.41, 5.74) is 1.40. The van der Waals surface area contributed by atoms with Gasteiger partial charge in [0, 0.05) is 17.1 Å². The minimum Gasteiger partial charge on any atom is -0.451 e. The number of carbonyl (C=O) groups excluding carboxylic acids is 1. The Bertz CT molecular complexity index is 1010. The van der Waals surface area contributed by atoms with E-state index < -0.39 is 10.8 Å². The molecule has 9 heteroatoms. The molecule has 2 aromatic carbocycles. The first-order chi connectivity index (χ1) is 12.3. The Balaban J connectivity index is 1.73. The molecule has 0 radical (unpaired) electrons. The molecule has 1 amide bonds. The third kappa shape index (κ3) is 3.66. The molecule has 7 nitrogen and oxygen atoms in total. The number of furan rings is 1. The number of anilines is 1. The molecule has 26 heavy (non-hydrogen) atoms. The highest BCUT2D eigenvalue weighted by atomic mass is 35.5. The summed E-state index contributed by atoms with van der Waals surface area (Å²) < 4.78 is 5.47. The topological polar surface area (TPSA) is 97.4 Å². The number of thiocarbonyl (C=S) groups is 1. The van der Waals surface area contributed by atoms with E-state index in [1.165, 1.54) is 12.1 Å². The zero-order valence-corrected chi connectivity index (χ0v) is 15.0. The van der Waals surface area contributed by atoms with Crippen LogP contribution in [0.2, 0.25) is 5.02 Å². The Labute approximate surface area is 158 Å².